The van der Waals surface area contributed by atoms with Crippen molar-refractivity contribution in [3.8, 4) is 0 Å². The van der Waals surface area contributed by atoms with Crippen LogP contribution < -0.4 is 16.0 Å². The van der Waals surface area contributed by atoms with Crippen molar-refractivity contribution in [1.29, 1.82) is 0 Å². The molecule has 0 fully saturated rings. The van der Waals surface area contributed by atoms with E-state index in [4.69, 9.17) is 4.74 Å². The van der Waals surface area contributed by atoms with Gasteiger partial charge in [0.1, 0.15) is 12.4 Å². The minimum absolute atomic E-state index is 0. The number of alkyl carbamates (subject to hydrolysis) is 1. The second kappa shape index (κ2) is 10.3. The first-order chi connectivity index (χ1) is 13.6. The van der Waals surface area contributed by atoms with E-state index in [1.165, 1.54) is 0 Å². The third kappa shape index (κ3) is 5.82. The van der Waals surface area contributed by atoms with Gasteiger partial charge < -0.3 is 19.9 Å². The van der Waals surface area contributed by atoms with E-state index >= 15 is 0 Å². The van der Waals surface area contributed by atoms with E-state index in [-0.39, 0.29) is 25.0 Å². The Labute approximate surface area is 174 Å². The highest BCUT2D eigenvalue weighted by Crippen LogP contribution is 2.20. The number of hydrogen-bond acceptors (Lipinski definition) is 5. The van der Waals surface area contributed by atoms with Gasteiger partial charge in [-0.05, 0) is 23.9 Å². The van der Waals surface area contributed by atoms with Crippen molar-refractivity contribution in [2.45, 2.75) is 20.1 Å². The van der Waals surface area contributed by atoms with Crippen molar-refractivity contribution in [1.82, 2.24) is 25.2 Å². The summed E-state index contributed by atoms with van der Waals surface area (Å²) in [6.07, 6.45) is 4.46. The molecule has 0 atom stereocenters. The smallest absolute Gasteiger partial charge is 0.407 e. The third-order valence-corrected chi connectivity index (χ3v) is 4.12. The molecule has 2 aromatic heterocycles. The lowest BCUT2D eigenvalue weighted by atomic mass is 10.1. The minimum Gasteiger partial charge on any atom is -0.443 e. The predicted molar refractivity (Wildman–Crippen MR) is 112 cm³/mol. The number of hydrogen-bond donors (Lipinski definition) is 3. The lowest BCUT2D eigenvalue weighted by Gasteiger charge is -2.11. The molecule has 29 heavy (non-hydrogen) atoms. The van der Waals surface area contributed by atoms with Crippen LogP contribution in [0.15, 0.2) is 43.0 Å². The Kier molecular flexibility index (Phi) is 7.79. The van der Waals surface area contributed by atoms with Crippen molar-refractivity contribution in [2.24, 2.45) is 7.05 Å². The predicted octanol–water partition coefficient (Wildman–Crippen LogP) is 2.96. The molecule has 3 amide bonds. The van der Waals surface area contributed by atoms with E-state index in [0.717, 1.165) is 22.0 Å². The molecule has 0 saturated heterocycles. The molecule has 3 aromatic rings. The maximum atomic E-state index is 12.0. The zero-order valence-corrected chi connectivity index (χ0v) is 17.0. The number of carbonyl (C=O) groups is 2. The van der Waals surface area contributed by atoms with Gasteiger partial charge in [0, 0.05) is 31.7 Å². The van der Waals surface area contributed by atoms with Crippen LogP contribution in [-0.4, -0.2) is 33.2 Å². The Morgan fingerprint density at radius 1 is 1.21 bits per heavy atom. The number of urea groups is 1. The van der Waals surface area contributed by atoms with Crippen LogP contribution in [0.25, 0.3) is 10.8 Å². The normalized spacial score (nSPS) is 10.1. The second-order valence-corrected chi connectivity index (χ2v) is 6.12. The van der Waals surface area contributed by atoms with E-state index in [1.807, 2.05) is 32.2 Å². The highest BCUT2D eigenvalue weighted by Gasteiger charge is 2.08. The van der Waals surface area contributed by atoms with E-state index in [9.17, 15) is 9.59 Å². The standard InChI is InChI=1S/C19H22N6O3.ClH/c1-3-21-18(26)24-17-7-13-5-4-6-14(16(13)10-22-17)8-23-19(27)28-11-15-9-20-12-25(15)2;/h4-7,9-10,12H,3,8,11H2,1-2H3,(H,23,27)(H2,21,22,24,26);1H. The Bertz CT molecular complexity index is 991. The fraction of sp³-hybridized carbons (Fsp3) is 0.263. The molecule has 0 bridgehead atoms. The summed E-state index contributed by atoms with van der Waals surface area (Å²) in [5.41, 5.74) is 1.70. The van der Waals surface area contributed by atoms with Crippen LogP contribution >= 0.6 is 12.4 Å². The Balaban J connectivity index is 0.00000300. The van der Waals surface area contributed by atoms with Crippen molar-refractivity contribution in [3.05, 3.63) is 54.2 Å². The summed E-state index contributed by atoms with van der Waals surface area (Å²) in [5.74, 6) is 0.458. The molecule has 0 saturated carbocycles. The molecule has 0 aliphatic rings. The molecule has 3 N–H and O–H groups in total. The largest absolute Gasteiger partial charge is 0.443 e. The van der Waals surface area contributed by atoms with E-state index < -0.39 is 6.09 Å². The lowest BCUT2D eigenvalue weighted by Crippen LogP contribution is -2.28. The number of aryl methyl sites for hydroxylation is 1. The van der Waals surface area contributed by atoms with Gasteiger partial charge in [-0.15, -0.1) is 12.4 Å². The molecule has 0 spiro atoms. The van der Waals surface area contributed by atoms with Crippen LogP contribution in [0.4, 0.5) is 15.4 Å². The number of imidazole rings is 1. The molecule has 0 aliphatic carbocycles. The number of pyridine rings is 1. The molecule has 0 aliphatic heterocycles. The van der Waals surface area contributed by atoms with Gasteiger partial charge in [0.05, 0.1) is 18.2 Å². The molecule has 2 heterocycles. The summed E-state index contributed by atoms with van der Waals surface area (Å²) < 4.78 is 6.99. The maximum Gasteiger partial charge on any atom is 0.407 e. The summed E-state index contributed by atoms with van der Waals surface area (Å²) in [6, 6.07) is 7.20. The molecule has 10 heteroatoms. The summed E-state index contributed by atoms with van der Waals surface area (Å²) in [4.78, 5) is 31.8. The lowest BCUT2D eigenvalue weighted by molar-refractivity contribution is 0.137. The first-order valence-electron chi connectivity index (χ1n) is 8.85. The van der Waals surface area contributed by atoms with Crippen molar-refractivity contribution in [3.63, 3.8) is 0 Å². The van der Waals surface area contributed by atoms with Crippen LogP contribution in [-0.2, 0) is 24.9 Å². The minimum atomic E-state index is -0.513. The number of halogens is 1. The molecule has 9 nitrogen and oxygen atoms in total. The molecule has 154 valence electrons. The maximum absolute atomic E-state index is 12.0. The third-order valence-electron chi connectivity index (χ3n) is 4.12. The van der Waals surface area contributed by atoms with Gasteiger partial charge in [0.15, 0.2) is 0 Å². The Morgan fingerprint density at radius 3 is 2.76 bits per heavy atom. The average molecular weight is 419 g/mol. The van der Waals surface area contributed by atoms with E-state index in [2.05, 4.69) is 25.9 Å². The molecular formula is C19H23ClN6O3. The number of benzene rings is 1. The number of carbonyl (C=O) groups excluding carboxylic acids is 2. The summed E-state index contributed by atoms with van der Waals surface area (Å²) in [7, 11) is 1.84. The Hall–Kier alpha value is -3.33. The number of fused-ring (bicyclic) bond motifs is 1. The van der Waals surface area contributed by atoms with Gasteiger partial charge >= 0.3 is 12.1 Å². The number of aromatic nitrogens is 3. The molecule has 1 aromatic carbocycles. The zero-order valence-electron chi connectivity index (χ0n) is 16.1. The van der Waals surface area contributed by atoms with Crippen LogP contribution in [0.2, 0.25) is 0 Å². The number of amides is 3. The quantitative estimate of drug-likeness (QED) is 0.570. The topological polar surface area (TPSA) is 110 Å². The SMILES string of the molecule is CCNC(=O)Nc1cc2cccc(CNC(=O)OCc3cncn3C)c2cn1.Cl. The van der Waals surface area contributed by atoms with Crippen molar-refractivity contribution in [2.75, 3.05) is 11.9 Å². The molecule has 0 unspecified atom stereocenters. The van der Waals surface area contributed by atoms with Crippen molar-refractivity contribution >= 4 is 41.1 Å². The zero-order chi connectivity index (χ0) is 19.9. The molecule has 3 rings (SSSR count). The summed E-state index contributed by atoms with van der Waals surface area (Å²) in [6.45, 7) is 2.82. The fourth-order valence-electron chi connectivity index (χ4n) is 2.66. The first-order valence-corrected chi connectivity index (χ1v) is 8.85. The van der Waals surface area contributed by atoms with Crippen molar-refractivity contribution < 1.29 is 14.3 Å². The highest BCUT2D eigenvalue weighted by atomic mass is 35.5. The van der Waals surface area contributed by atoms with Crippen LogP contribution in [0, 0.1) is 0 Å². The average Bonchev–Trinajstić information content (AvgIpc) is 3.09. The van der Waals surface area contributed by atoms with Crippen LogP contribution in [0.3, 0.4) is 0 Å². The van der Waals surface area contributed by atoms with Gasteiger partial charge in [-0.1, -0.05) is 18.2 Å². The number of nitrogens with one attached hydrogen (secondary N) is 3. The van der Waals surface area contributed by atoms with Crippen LogP contribution in [0.5, 0.6) is 0 Å². The summed E-state index contributed by atoms with van der Waals surface area (Å²) >= 11 is 0. The van der Waals surface area contributed by atoms with Crippen LogP contribution in [0.1, 0.15) is 18.2 Å². The highest BCUT2D eigenvalue weighted by molar-refractivity contribution is 5.92. The first kappa shape index (κ1) is 22.0. The van der Waals surface area contributed by atoms with E-state index in [1.54, 1.807) is 29.4 Å². The van der Waals surface area contributed by atoms with Gasteiger partial charge in [0.2, 0.25) is 0 Å². The molecular weight excluding hydrogens is 396 g/mol. The second-order valence-electron chi connectivity index (χ2n) is 6.12. The number of ether oxygens (including phenoxy) is 1. The van der Waals surface area contributed by atoms with Gasteiger partial charge in [0.25, 0.3) is 0 Å². The van der Waals surface area contributed by atoms with E-state index in [0.29, 0.717) is 18.9 Å². The number of nitrogens with zero attached hydrogens (tertiary/aromatic N) is 3. The molecule has 0 radical (unpaired) electrons. The van der Waals surface area contributed by atoms with Gasteiger partial charge in [-0.2, -0.15) is 0 Å². The number of anilines is 1. The fourth-order valence-corrected chi connectivity index (χ4v) is 2.66. The Morgan fingerprint density at radius 2 is 2.03 bits per heavy atom. The van der Waals surface area contributed by atoms with Gasteiger partial charge in [-0.3, -0.25) is 5.32 Å². The number of rotatable bonds is 6. The summed E-state index contributed by atoms with van der Waals surface area (Å²) in [5, 5.41) is 9.87. The van der Waals surface area contributed by atoms with Gasteiger partial charge in [-0.25, -0.2) is 19.6 Å². The monoisotopic (exact) mass is 418 g/mol.